The molecule has 0 saturated carbocycles. The highest BCUT2D eigenvalue weighted by atomic mass is 32.2. The third-order valence-electron chi connectivity index (χ3n) is 5.11. The van der Waals surface area contributed by atoms with Crippen LogP contribution in [0.4, 0.5) is 10.7 Å². The molecule has 2 N–H and O–H groups in total. The summed E-state index contributed by atoms with van der Waals surface area (Å²) in [6.07, 6.45) is 1.30. The van der Waals surface area contributed by atoms with Gasteiger partial charge in [0, 0.05) is 13.2 Å². The minimum absolute atomic E-state index is 0.0134. The maximum atomic E-state index is 13.4. The Morgan fingerprint density at radius 3 is 2.61 bits per heavy atom. The summed E-state index contributed by atoms with van der Waals surface area (Å²) in [6.45, 7) is 1.75. The third kappa shape index (κ3) is 4.15. The lowest BCUT2D eigenvalue weighted by atomic mass is 10.1. The number of hydrogen-bond donors (Lipinski definition) is 2. The van der Waals surface area contributed by atoms with E-state index in [1.807, 2.05) is 5.38 Å². The van der Waals surface area contributed by atoms with Crippen LogP contribution in [0.15, 0.2) is 52.9 Å². The number of hydroxylamine groups is 1. The number of rotatable bonds is 7. The minimum atomic E-state index is -3.85. The van der Waals surface area contributed by atoms with E-state index in [0.29, 0.717) is 27.5 Å². The number of aromatic nitrogens is 3. The van der Waals surface area contributed by atoms with Crippen LogP contribution in [0, 0.1) is 6.92 Å². The van der Waals surface area contributed by atoms with Crippen LogP contribution in [0.5, 0.6) is 5.75 Å². The second-order valence-electron chi connectivity index (χ2n) is 7.17. The first-order valence-corrected chi connectivity index (χ1v) is 12.2. The van der Waals surface area contributed by atoms with Crippen molar-refractivity contribution in [3.8, 4) is 5.75 Å². The Labute approximate surface area is 193 Å². The highest BCUT2D eigenvalue weighted by molar-refractivity contribution is 7.91. The number of benzene rings is 1. The lowest BCUT2D eigenvalue weighted by Gasteiger charge is -2.26. The fourth-order valence-corrected chi connectivity index (χ4v) is 5.72. The molecule has 0 spiro atoms. The standard InChI is InChI=1S/C21H21N5O5S2/c1-13-18-19(16(21(27)24-28)11-22-20(18)25(2)23-13)26(17-5-4-10-32-17)12-33(29,30)15-8-6-14(31-3)7-9-15/h4-11,28H,12H2,1-3H3,(H,24,27). The normalized spacial score (nSPS) is 11.5. The first-order valence-electron chi connectivity index (χ1n) is 9.71. The van der Waals surface area contributed by atoms with Crippen molar-refractivity contribution < 1.29 is 23.2 Å². The second kappa shape index (κ2) is 8.81. The molecule has 0 aliphatic rings. The van der Waals surface area contributed by atoms with Gasteiger partial charge in [-0.3, -0.25) is 14.7 Å². The van der Waals surface area contributed by atoms with E-state index in [0.717, 1.165) is 0 Å². The molecule has 0 radical (unpaired) electrons. The Morgan fingerprint density at radius 1 is 1.27 bits per heavy atom. The van der Waals surface area contributed by atoms with Gasteiger partial charge in [-0.25, -0.2) is 18.9 Å². The Balaban J connectivity index is 1.94. The first-order chi connectivity index (χ1) is 15.8. The van der Waals surface area contributed by atoms with Gasteiger partial charge >= 0.3 is 0 Å². The van der Waals surface area contributed by atoms with Crippen LogP contribution in [0.3, 0.4) is 0 Å². The maximum absolute atomic E-state index is 13.4. The van der Waals surface area contributed by atoms with Gasteiger partial charge in [0.25, 0.3) is 5.91 Å². The number of sulfone groups is 1. The Bertz CT molecular complexity index is 1410. The highest BCUT2D eigenvalue weighted by Crippen LogP contribution is 2.39. The molecule has 33 heavy (non-hydrogen) atoms. The quantitative estimate of drug-likeness (QED) is 0.301. The number of pyridine rings is 1. The van der Waals surface area contributed by atoms with Crippen molar-refractivity contribution in [1.82, 2.24) is 20.2 Å². The summed E-state index contributed by atoms with van der Waals surface area (Å²) >= 11 is 1.32. The minimum Gasteiger partial charge on any atom is -0.497 e. The fourth-order valence-electron chi connectivity index (χ4n) is 3.59. The molecule has 0 atom stereocenters. The number of anilines is 2. The molecule has 0 aliphatic carbocycles. The molecule has 10 nitrogen and oxygen atoms in total. The first kappa shape index (κ1) is 22.7. The summed E-state index contributed by atoms with van der Waals surface area (Å²) in [7, 11) is -0.637. The van der Waals surface area contributed by atoms with Crippen molar-refractivity contribution in [2.75, 3.05) is 17.9 Å². The van der Waals surface area contributed by atoms with Crippen molar-refractivity contribution in [3.05, 3.63) is 59.2 Å². The average molecular weight is 488 g/mol. The van der Waals surface area contributed by atoms with Crippen LogP contribution >= 0.6 is 11.3 Å². The molecule has 12 heteroatoms. The molecule has 4 aromatic rings. The summed E-state index contributed by atoms with van der Waals surface area (Å²) in [6, 6.07) is 9.63. The van der Waals surface area contributed by atoms with Crippen LogP contribution in [-0.4, -0.2) is 47.3 Å². The predicted octanol–water partition coefficient (Wildman–Crippen LogP) is 3.04. The fraction of sp³-hybridized carbons (Fsp3) is 0.190. The van der Waals surface area contributed by atoms with E-state index >= 15 is 0 Å². The molecule has 1 amide bonds. The zero-order chi connectivity index (χ0) is 23.8. The van der Waals surface area contributed by atoms with Crippen molar-refractivity contribution in [1.29, 1.82) is 0 Å². The molecular weight excluding hydrogens is 466 g/mol. The number of nitrogens with one attached hydrogen (secondary N) is 1. The van der Waals surface area contributed by atoms with Crippen molar-refractivity contribution in [2.45, 2.75) is 11.8 Å². The van der Waals surface area contributed by atoms with Gasteiger partial charge in [0.1, 0.15) is 11.6 Å². The topological polar surface area (TPSA) is 127 Å². The number of methoxy groups -OCH3 is 1. The molecule has 0 bridgehead atoms. The number of carbonyl (C=O) groups excluding carboxylic acids is 1. The molecule has 4 rings (SSSR count). The number of fused-ring (bicyclic) bond motifs is 1. The number of ether oxygens (including phenoxy) is 1. The Hall–Kier alpha value is -3.48. The molecule has 0 aliphatic heterocycles. The van der Waals surface area contributed by atoms with Crippen LogP contribution in [0.25, 0.3) is 11.0 Å². The number of hydrogen-bond acceptors (Lipinski definition) is 9. The molecule has 3 heterocycles. The van der Waals surface area contributed by atoms with Crippen LogP contribution in [0.1, 0.15) is 16.1 Å². The predicted molar refractivity (Wildman–Crippen MR) is 124 cm³/mol. The van der Waals surface area contributed by atoms with Gasteiger partial charge in [0.15, 0.2) is 15.5 Å². The van der Waals surface area contributed by atoms with Crippen LogP contribution < -0.4 is 15.1 Å². The van der Waals surface area contributed by atoms with Gasteiger partial charge in [-0.1, -0.05) is 0 Å². The lowest BCUT2D eigenvalue weighted by Crippen LogP contribution is -2.29. The van der Waals surface area contributed by atoms with Crippen molar-refractivity contribution in [3.63, 3.8) is 0 Å². The molecule has 0 unspecified atom stereocenters. The Kier molecular flexibility index (Phi) is 6.06. The number of aryl methyl sites for hydroxylation is 2. The molecule has 1 aromatic carbocycles. The number of thiophene rings is 1. The van der Waals surface area contributed by atoms with Gasteiger partial charge < -0.3 is 9.64 Å². The van der Waals surface area contributed by atoms with Gasteiger partial charge in [-0.05, 0) is 48.7 Å². The van der Waals surface area contributed by atoms with E-state index in [1.165, 1.54) is 41.7 Å². The van der Waals surface area contributed by atoms with Crippen LogP contribution in [-0.2, 0) is 16.9 Å². The van der Waals surface area contributed by atoms with Crippen molar-refractivity contribution in [2.24, 2.45) is 7.05 Å². The second-order valence-corrected chi connectivity index (χ2v) is 10.1. The summed E-state index contributed by atoms with van der Waals surface area (Å²) in [4.78, 5) is 18.5. The van der Waals surface area contributed by atoms with E-state index < -0.39 is 21.6 Å². The number of carbonyl (C=O) groups is 1. The van der Waals surface area contributed by atoms with Gasteiger partial charge in [0.2, 0.25) is 0 Å². The summed E-state index contributed by atoms with van der Waals surface area (Å²) in [5.41, 5.74) is 2.96. The summed E-state index contributed by atoms with van der Waals surface area (Å²) in [5, 5.41) is 16.6. The van der Waals surface area contributed by atoms with Gasteiger partial charge in [-0.15, -0.1) is 11.3 Å². The Morgan fingerprint density at radius 2 is 2.00 bits per heavy atom. The SMILES string of the molecule is COc1ccc(S(=O)(=O)CN(c2cccs2)c2c(C(=O)NO)cnc3c2c(C)nn3C)cc1. The molecular formula is C21H21N5O5S2. The third-order valence-corrected chi connectivity index (χ3v) is 7.59. The number of nitrogens with zero attached hydrogens (tertiary/aromatic N) is 4. The van der Waals surface area contributed by atoms with E-state index in [-0.39, 0.29) is 16.1 Å². The summed E-state index contributed by atoms with van der Waals surface area (Å²) < 4.78 is 33.5. The average Bonchev–Trinajstić information content (AvgIpc) is 3.45. The van der Waals surface area contributed by atoms with Crippen LogP contribution in [0.2, 0.25) is 0 Å². The number of amides is 1. The zero-order valence-electron chi connectivity index (χ0n) is 18.0. The van der Waals surface area contributed by atoms with E-state index in [1.54, 1.807) is 48.4 Å². The van der Waals surface area contributed by atoms with Gasteiger partial charge in [-0.2, -0.15) is 5.10 Å². The molecule has 3 aromatic heterocycles. The summed E-state index contributed by atoms with van der Waals surface area (Å²) in [5.74, 6) is -0.738. The monoisotopic (exact) mass is 487 g/mol. The highest BCUT2D eigenvalue weighted by Gasteiger charge is 2.29. The molecule has 172 valence electrons. The van der Waals surface area contributed by atoms with Crippen molar-refractivity contribution >= 4 is 48.8 Å². The largest absolute Gasteiger partial charge is 0.497 e. The van der Waals surface area contributed by atoms with E-state index in [2.05, 4.69) is 10.1 Å². The lowest BCUT2D eigenvalue weighted by molar-refractivity contribution is 0.0707. The molecule has 0 fully saturated rings. The smallest absolute Gasteiger partial charge is 0.278 e. The zero-order valence-corrected chi connectivity index (χ0v) is 19.6. The van der Waals surface area contributed by atoms with E-state index in [9.17, 15) is 18.4 Å². The van der Waals surface area contributed by atoms with E-state index in [4.69, 9.17) is 4.74 Å². The molecule has 0 saturated heterocycles. The van der Waals surface area contributed by atoms with Gasteiger partial charge in [0.05, 0.1) is 39.3 Å². The maximum Gasteiger partial charge on any atom is 0.278 e.